The number of fused-ring (bicyclic) bond motifs is 1. The molecule has 1 N–H and O–H groups in total. The van der Waals surface area contributed by atoms with Crippen molar-refractivity contribution >= 4 is 11.7 Å². The summed E-state index contributed by atoms with van der Waals surface area (Å²) in [7, 11) is 2.59. The lowest BCUT2D eigenvalue weighted by molar-refractivity contribution is -0.179. The summed E-state index contributed by atoms with van der Waals surface area (Å²) < 4.78 is 93.3. The maximum absolute atomic E-state index is 14.2. The Bertz CT molecular complexity index is 1230. The summed E-state index contributed by atoms with van der Waals surface area (Å²) in [6.07, 6.45) is -4.55. The van der Waals surface area contributed by atoms with Crippen LogP contribution >= 0.6 is 0 Å². The molecule has 0 aliphatic rings. The van der Waals surface area contributed by atoms with E-state index in [1.54, 1.807) is 11.5 Å². The van der Waals surface area contributed by atoms with Gasteiger partial charge in [-0.3, -0.25) is 0 Å². The van der Waals surface area contributed by atoms with E-state index in [0.717, 1.165) is 12.3 Å². The van der Waals surface area contributed by atoms with Gasteiger partial charge in [0.25, 0.3) is 5.88 Å². The molecule has 0 saturated heterocycles. The summed E-state index contributed by atoms with van der Waals surface area (Å²) in [6.45, 7) is 1.30. The van der Waals surface area contributed by atoms with Crippen LogP contribution in [0.4, 0.5) is 31.1 Å². The number of ether oxygens (including phenoxy) is 2. The lowest BCUT2D eigenvalue weighted by Gasteiger charge is -2.33. The van der Waals surface area contributed by atoms with Crippen molar-refractivity contribution in [1.82, 2.24) is 29.6 Å². The Kier molecular flexibility index (Phi) is 7.50. The zero-order valence-electron chi connectivity index (χ0n) is 19.5. The highest BCUT2D eigenvalue weighted by Crippen LogP contribution is 2.40. The summed E-state index contributed by atoms with van der Waals surface area (Å²) in [5.41, 5.74) is -0.0208. The van der Waals surface area contributed by atoms with Gasteiger partial charge in [-0.25, -0.2) is 19.7 Å². The van der Waals surface area contributed by atoms with Crippen LogP contribution in [0.3, 0.4) is 0 Å². The fourth-order valence-electron chi connectivity index (χ4n) is 3.47. The van der Waals surface area contributed by atoms with E-state index in [9.17, 15) is 31.1 Å². The predicted molar refractivity (Wildman–Crippen MR) is 115 cm³/mol. The quantitative estimate of drug-likeness (QED) is 0.465. The summed E-state index contributed by atoms with van der Waals surface area (Å²) in [5, 5.41) is 1.57. The molecule has 0 aliphatic heterocycles. The van der Waals surface area contributed by atoms with Crippen LogP contribution in [-0.2, 0) is 0 Å². The van der Waals surface area contributed by atoms with Gasteiger partial charge in [0.15, 0.2) is 11.7 Å². The molecule has 196 valence electrons. The van der Waals surface area contributed by atoms with E-state index in [4.69, 9.17) is 9.47 Å². The molecule has 0 aromatic carbocycles. The molecule has 3 rings (SSSR count). The van der Waals surface area contributed by atoms with Crippen molar-refractivity contribution in [2.24, 2.45) is 0 Å². The number of rotatable bonds is 7. The number of halogens is 6. The van der Waals surface area contributed by atoms with Crippen molar-refractivity contribution in [3.63, 3.8) is 0 Å². The van der Waals surface area contributed by atoms with Crippen molar-refractivity contribution in [2.45, 2.75) is 38.3 Å². The predicted octanol–water partition coefficient (Wildman–Crippen LogP) is 4.39. The normalized spacial score (nSPS) is 13.8. The first kappa shape index (κ1) is 26.8. The van der Waals surface area contributed by atoms with Crippen LogP contribution in [-0.4, -0.2) is 69.4 Å². The van der Waals surface area contributed by atoms with E-state index in [1.165, 1.54) is 37.9 Å². The Labute approximate surface area is 201 Å². The summed E-state index contributed by atoms with van der Waals surface area (Å²) in [4.78, 5) is 25.1. The molecular formula is C21H22F6N6O3. The molecule has 0 spiro atoms. The number of alkyl halides is 6. The molecule has 36 heavy (non-hydrogen) atoms. The third-order valence-corrected chi connectivity index (χ3v) is 5.25. The molecule has 9 nitrogen and oxygen atoms in total. The highest BCUT2D eigenvalue weighted by atomic mass is 19.4. The highest BCUT2D eigenvalue weighted by Gasteiger charge is 2.48. The first-order valence-corrected chi connectivity index (χ1v) is 10.4. The number of carbonyl (C=O) groups is 1. The van der Waals surface area contributed by atoms with Gasteiger partial charge in [0.1, 0.15) is 6.04 Å². The SMILES string of the molecule is CCN(C(=O)N[C@@H](C)C(F)(F)F)C(c1cnc(OC)c(-c2cn3ccnc3c(OC)n2)c1)C(F)(F)F. The average molecular weight is 520 g/mol. The zero-order chi connectivity index (χ0) is 26.8. The minimum Gasteiger partial charge on any atom is -0.481 e. The molecule has 3 aromatic heterocycles. The number of amides is 2. The van der Waals surface area contributed by atoms with Crippen molar-refractivity contribution in [3.05, 3.63) is 36.4 Å². The van der Waals surface area contributed by atoms with Crippen LogP contribution in [0.2, 0.25) is 0 Å². The number of aromatic nitrogens is 4. The molecule has 0 fully saturated rings. The van der Waals surface area contributed by atoms with Gasteiger partial charge < -0.3 is 24.1 Å². The summed E-state index contributed by atoms with van der Waals surface area (Å²) in [5.74, 6) is -0.0000789. The summed E-state index contributed by atoms with van der Waals surface area (Å²) >= 11 is 0. The molecule has 2 amide bonds. The first-order chi connectivity index (χ1) is 16.8. The third-order valence-electron chi connectivity index (χ3n) is 5.25. The van der Waals surface area contributed by atoms with Crippen molar-refractivity contribution < 1.29 is 40.6 Å². The van der Waals surface area contributed by atoms with E-state index >= 15 is 0 Å². The van der Waals surface area contributed by atoms with Gasteiger partial charge in [0.05, 0.1) is 25.5 Å². The van der Waals surface area contributed by atoms with Gasteiger partial charge in [-0.1, -0.05) is 0 Å². The number of nitrogens with zero attached hydrogens (tertiary/aromatic N) is 5. The molecule has 3 heterocycles. The van der Waals surface area contributed by atoms with Gasteiger partial charge in [-0.15, -0.1) is 0 Å². The minimum atomic E-state index is -5.05. The Hall–Kier alpha value is -3.78. The molecule has 0 aliphatic carbocycles. The number of carbonyl (C=O) groups excluding carboxylic acids is 1. The smallest absolute Gasteiger partial charge is 0.413 e. The second-order valence-corrected chi connectivity index (χ2v) is 7.56. The van der Waals surface area contributed by atoms with Crippen LogP contribution in [0.1, 0.15) is 25.5 Å². The van der Waals surface area contributed by atoms with Crippen molar-refractivity contribution in [1.29, 1.82) is 0 Å². The maximum Gasteiger partial charge on any atom is 0.413 e. The fraction of sp³-hybridized carbons (Fsp3) is 0.429. The van der Waals surface area contributed by atoms with Crippen LogP contribution < -0.4 is 14.8 Å². The van der Waals surface area contributed by atoms with Crippen LogP contribution in [0.15, 0.2) is 30.9 Å². The Morgan fingerprint density at radius 2 is 1.78 bits per heavy atom. The molecule has 1 unspecified atom stereocenters. The second-order valence-electron chi connectivity index (χ2n) is 7.56. The van der Waals surface area contributed by atoms with Crippen LogP contribution in [0.5, 0.6) is 11.8 Å². The van der Waals surface area contributed by atoms with Gasteiger partial charge in [-0.2, -0.15) is 26.3 Å². The number of imidazole rings is 1. The Morgan fingerprint density at radius 3 is 2.33 bits per heavy atom. The largest absolute Gasteiger partial charge is 0.481 e. The average Bonchev–Trinajstić information content (AvgIpc) is 3.28. The molecule has 0 radical (unpaired) electrons. The van der Waals surface area contributed by atoms with Crippen molar-refractivity contribution in [2.75, 3.05) is 20.8 Å². The number of urea groups is 1. The Balaban J connectivity index is 2.12. The van der Waals surface area contributed by atoms with Gasteiger partial charge in [0.2, 0.25) is 5.88 Å². The van der Waals surface area contributed by atoms with Gasteiger partial charge >= 0.3 is 18.4 Å². The topological polar surface area (TPSA) is 93.9 Å². The third kappa shape index (κ3) is 5.39. The molecule has 0 bridgehead atoms. The number of hydrogen-bond acceptors (Lipinski definition) is 6. The fourth-order valence-corrected chi connectivity index (χ4v) is 3.47. The standard InChI is InChI=1S/C21H22F6N6O3/c1-5-33(19(34)30-11(2)20(22,23)24)15(21(25,26)27)12-8-13(17(35-3)29-9-12)14-10-32-7-6-28-16(32)18(31-14)36-4/h6-11,15H,5H2,1-4H3,(H,30,34)/t11-,15?/m0/s1. The van der Waals surface area contributed by atoms with Gasteiger partial charge in [-0.05, 0) is 19.9 Å². The molecule has 15 heteroatoms. The lowest BCUT2D eigenvalue weighted by atomic mass is 10.0. The van der Waals surface area contributed by atoms with E-state index in [2.05, 4.69) is 15.0 Å². The summed E-state index contributed by atoms with van der Waals surface area (Å²) in [6, 6.07) is -5.45. The van der Waals surface area contributed by atoms with Crippen molar-refractivity contribution in [3.8, 4) is 23.0 Å². The lowest BCUT2D eigenvalue weighted by Crippen LogP contribution is -2.52. The van der Waals surface area contributed by atoms with E-state index < -0.39 is 42.6 Å². The molecular weight excluding hydrogens is 498 g/mol. The highest BCUT2D eigenvalue weighted by molar-refractivity contribution is 5.75. The molecule has 2 atom stereocenters. The van der Waals surface area contributed by atoms with E-state index in [-0.39, 0.29) is 27.9 Å². The maximum atomic E-state index is 14.2. The van der Waals surface area contributed by atoms with Crippen LogP contribution in [0, 0.1) is 0 Å². The Morgan fingerprint density at radius 1 is 1.11 bits per heavy atom. The molecule has 0 saturated carbocycles. The van der Waals surface area contributed by atoms with E-state index in [0.29, 0.717) is 12.6 Å². The zero-order valence-corrected chi connectivity index (χ0v) is 19.5. The first-order valence-electron chi connectivity index (χ1n) is 10.4. The minimum absolute atomic E-state index is 0.0262. The number of hydrogen-bond donors (Lipinski definition) is 1. The molecule has 3 aromatic rings. The van der Waals surface area contributed by atoms with E-state index in [1.807, 2.05) is 0 Å². The van der Waals surface area contributed by atoms with Crippen LogP contribution in [0.25, 0.3) is 16.9 Å². The second kappa shape index (κ2) is 10.1. The number of methoxy groups -OCH3 is 2. The number of pyridine rings is 1. The van der Waals surface area contributed by atoms with Gasteiger partial charge in [0, 0.05) is 36.9 Å². The number of nitrogens with one attached hydrogen (secondary N) is 1. The monoisotopic (exact) mass is 520 g/mol.